The summed E-state index contributed by atoms with van der Waals surface area (Å²) in [5.41, 5.74) is -0.597. The minimum absolute atomic E-state index is 0.0586. The van der Waals surface area contributed by atoms with Crippen molar-refractivity contribution in [2.75, 3.05) is 12.0 Å². The Kier molecular flexibility index (Phi) is 5.64. The smallest absolute Gasteiger partial charge is 0.408 e. The number of hydrogen-bond donors (Lipinski definition) is 1. The largest absolute Gasteiger partial charge is 0.444 e. The predicted molar refractivity (Wildman–Crippen MR) is 62.8 cm³/mol. The van der Waals surface area contributed by atoms with Crippen molar-refractivity contribution in [3.8, 4) is 0 Å². The first kappa shape index (κ1) is 15.1. The molecule has 0 aliphatic carbocycles. The van der Waals surface area contributed by atoms with E-state index in [1.54, 1.807) is 27.7 Å². The highest BCUT2D eigenvalue weighted by Crippen LogP contribution is 2.06. The Morgan fingerprint density at radius 3 is 2.25 bits per heavy atom. The van der Waals surface area contributed by atoms with E-state index in [1.165, 1.54) is 6.26 Å². The predicted octanol–water partition coefficient (Wildman–Crippen LogP) is 0.847. The van der Waals surface area contributed by atoms with E-state index in [0.717, 1.165) is 0 Å². The number of amides is 1. The number of carbonyl (C=O) groups is 2. The van der Waals surface area contributed by atoms with Crippen molar-refractivity contribution >= 4 is 22.7 Å². The van der Waals surface area contributed by atoms with Crippen LogP contribution in [-0.2, 0) is 20.3 Å². The maximum atomic E-state index is 11.4. The van der Waals surface area contributed by atoms with E-state index in [9.17, 15) is 13.8 Å². The molecule has 0 fully saturated rings. The average molecular weight is 249 g/mol. The van der Waals surface area contributed by atoms with Crippen molar-refractivity contribution in [1.29, 1.82) is 0 Å². The fraction of sp³-hybridized carbons (Fsp3) is 0.800. The molecule has 0 rings (SSSR count). The van der Waals surface area contributed by atoms with Crippen molar-refractivity contribution in [1.82, 2.24) is 5.32 Å². The third-order valence-corrected chi connectivity index (χ3v) is 2.25. The summed E-state index contributed by atoms with van der Waals surface area (Å²) in [6, 6.07) is -0.682. The highest BCUT2D eigenvalue weighted by Gasteiger charge is 2.21. The Hall–Kier alpha value is -0.910. The summed E-state index contributed by atoms with van der Waals surface area (Å²) in [5, 5.41) is 2.40. The fourth-order valence-electron chi connectivity index (χ4n) is 0.890. The molecule has 0 aromatic rings. The van der Waals surface area contributed by atoms with E-state index >= 15 is 0 Å². The van der Waals surface area contributed by atoms with Gasteiger partial charge in [0, 0.05) is 17.1 Å². The van der Waals surface area contributed by atoms with Gasteiger partial charge < -0.3 is 10.1 Å². The van der Waals surface area contributed by atoms with E-state index in [1.807, 2.05) is 0 Å². The van der Waals surface area contributed by atoms with Crippen LogP contribution in [0.4, 0.5) is 4.79 Å². The summed E-state index contributed by atoms with van der Waals surface area (Å²) in [6.45, 7) is 6.75. The number of ether oxygens (including phenoxy) is 1. The number of rotatable bonds is 4. The van der Waals surface area contributed by atoms with E-state index in [0.29, 0.717) is 0 Å². The van der Waals surface area contributed by atoms with Crippen molar-refractivity contribution in [2.24, 2.45) is 0 Å². The normalized spacial score (nSPS) is 15.1. The van der Waals surface area contributed by atoms with Crippen molar-refractivity contribution in [3.05, 3.63) is 0 Å². The van der Waals surface area contributed by atoms with Gasteiger partial charge in [-0.2, -0.15) is 0 Å². The third-order valence-electron chi connectivity index (χ3n) is 1.56. The van der Waals surface area contributed by atoms with E-state index in [4.69, 9.17) is 4.74 Å². The summed E-state index contributed by atoms with van der Waals surface area (Å²) in [6.07, 6.45) is 0.799. The van der Waals surface area contributed by atoms with Crippen LogP contribution in [0.15, 0.2) is 0 Å². The minimum atomic E-state index is -1.19. The van der Waals surface area contributed by atoms with Gasteiger partial charge in [-0.3, -0.25) is 9.00 Å². The molecular formula is C10H19NO4S. The SMILES string of the molecule is C[C@H](NC(=O)OC(C)(C)C)C(=O)CS(C)=O. The van der Waals surface area contributed by atoms with Crippen LogP contribution in [0, 0.1) is 0 Å². The molecule has 0 spiro atoms. The van der Waals surface area contributed by atoms with Crippen LogP contribution in [-0.4, -0.2) is 39.7 Å². The Morgan fingerprint density at radius 2 is 1.88 bits per heavy atom. The van der Waals surface area contributed by atoms with Gasteiger partial charge in [-0.15, -0.1) is 0 Å². The molecule has 1 N–H and O–H groups in total. The lowest BCUT2D eigenvalue weighted by molar-refractivity contribution is -0.118. The highest BCUT2D eigenvalue weighted by atomic mass is 32.2. The van der Waals surface area contributed by atoms with Crippen LogP contribution >= 0.6 is 0 Å². The van der Waals surface area contributed by atoms with Crippen molar-refractivity contribution < 1.29 is 18.5 Å². The first-order chi connectivity index (χ1) is 7.11. The van der Waals surface area contributed by atoms with Crippen LogP contribution in [0.3, 0.4) is 0 Å². The molecule has 0 saturated carbocycles. The quantitative estimate of drug-likeness (QED) is 0.801. The molecule has 94 valence electrons. The molecule has 1 unspecified atom stereocenters. The van der Waals surface area contributed by atoms with Crippen LogP contribution in [0.25, 0.3) is 0 Å². The molecule has 0 radical (unpaired) electrons. The summed E-state index contributed by atoms with van der Waals surface area (Å²) < 4.78 is 15.8. The molecule has 2 atom stereocenters. The lowest BCUT2D eigenvalue weighted by Crippen LogP contribution is -2.43. The molecule has 0 saturated heterocycles. The maximum Gasteiger partial charge on any atom is 0.408 e. The minimum Gasteiger partial charge on any atom is -0.444 e. The molecule has 0 aromatic heterocycles. The zero-order chi connectivity index (χ0) is 12.9. The number of nitrogens with one attached hydrogen (secondary N) is 1. The Labute approximate surface area is 98.4 Å². The Balaban J connectivity index is 4.14. The second-order valence-corrected chi connectivity index (χ2v) is 5.99. The maximum absolute atomic E-state index is 11.4. The van der Waals surface area contributed by atoms with Crippen LogP contribution in [0.2, 0.25) is 0 Å². The fourth-order valence-corrected chi connectivity index (χ4v) is 1.54. The van der Waals surface area contributed by atoms with E-state index < -0.39 is 28.5 Å². The van der Waals surface area contributed by atoms with Crippen LogP contribution in [0.5, 0.6) is 0 Å². The van der Waals surface area contributed by atoms with Crippen molar-refractivity contribution in [3.63, 3.8) is 0 Å². The van der Waals surface area contributed by atoms with E-state index in [2.05, 4.69) is 5.32 Å². The van der Waals surface area contributed by atoms with Gasteiger partial charge in [-0.05, 0) is 27.7 Å². The molecule has 0 aromatic carbocycles. The molecule has 1 amide bonds. The molecule has 0 aliphatic rings. The number of ketones is 1. The van der Waals surface area contributed by atoms with Gasteiger partial charge in [0.25, 0.3) is 0 Å². The van der Waals surface area contributed by atoms with Crippen LogP contribution < -0.4 is 5.32 Å². The van der Waals surface area contributed by atoms with Gasteiger partial charge in [-0.1, -0.05) is 0 Å². The van der Waals surface area contributed by atoms with Gasteiger partial charge >= 0.3 is 6.09 Å². The molecule has 6 heteroatoms. The second-order valence-electron chi connectivity index (χ2n) is 4.55. The molecule has 5 nitrogen and oxygen atoms in total. The zero-order valence-corrected chi connectivity index (χ0v) is 11.1. The van der Waals surface area contributed by atoms with Gasteiger partial charge in [0.2, 0.25) is 0 Å². The molecule has 0 heterocycles. The number of hydrogen-bond acceptors (Lipinski definition) is 4. The monoisotopic (exact) mass is 249 g/mol. The number of carbonyl (C=O) groups excluding carboxylic acids is 2. The van der Waals surface area contributed by atoms with E-state index in [-0.39, 0.29) is 11.5 Å². The Morgan fingerprint density at radius 1 is 1.38 bits per heavy atom. The summed E-state index contributed by atoms with van der Waals surface area (Å²) in [4.78, 5) is 22.7. The van der Waals surface area contributed by atoms with Gasteiger partial charge in [-0.25, -0.2) is 4.79 Å². The van der Waals surface area contributed by atoms with Gasteiger partial charge in [0.1, 0.15) is 5.60 Å². The zero-order valence-electron chi connectivity index (χ0n) is 10.3. The molecular weight excluding hydrogens is 230 g/mol. The summed E-state index contributed by atoms with van der Waals surface area (Å²) in [7, 11) is -1.19. The number of alkyl carbamates (subject to hydrolysis) is 1. The van der Waals surface area contributed by atoms with Gasteiger partial charge in [0.15, 0.2) is 5.78 Å². The molecule has 0 bridgehead atoms. The Bertz CT molecular complexity index is 296. The first-order valence-electron chi connectivity index (χ1n) is 4.94. The van der Waals surface area contributed by atoms with Crippen LogP contribution in [0.1, 0.15) is 27.7 Å². The van der Waals surface area contributed by atoms with Gasteiger partial charge in [0.05, 0.1) is 11.8 Å². The third kappa shape index (κ3) is 7.39. The highest BCUT2D eigenvalue weighted by molar-refractivity contribution is 7.85. The molecule has 0 aliphatic heterocycles. The second kappa shape index (κ2) is 5.98. The lowest BCUT2D eigenvalue weighted by atomic mass is 10.2. The number of Topliss-reactive ketones (excluding diaryl/α,β-unsaturated/α-hetero) is 1. The first-order valence-corrected chi connectivity index (χ1v) is 6.67. The standard InChI is InChI=1S/C10H19NO4S/c1-7(8(12)6-16(5)14)11-9(13)15-10(2,3)4/h7H,6H2,1-5H3,(H,11,13)/t7-,16?/m0/s1. The summed E-state index contributed by atoms with van der Waals surface area (Å²) in [5.74, 6) is -0.330. The van der Waals surface area contributed by atoms with Crippen molar-refractivity contribution in [2.45, 2.75) is 39.3 Å². The average Bonchev–Trinajstić information content (AvgIpc) is 1.98. The molecule has 16 heavy (non-hydrogen) atoms. The topological polar surface area (TPSA) is 72.5 Å². The summed E-state index contributed by atoms with van der Waals surface area (Å²) >= 11 is 0. The lowest BCUT2D eigenvalue weighted by Gasteiger charge is -2.21.